The zero-order valence-electron chi connectivity index (χ0n) is 16.2. The van der Waals surface area contributed by atoms with E-state index in [4.69, 9.17) is 14.2 Å². The molecule has 0 bridgehead atoms. The van der Waals surface area contributed by atoms with Crippen LogP contribution in [0.5, 0.6) is 11.5 Å². The molecule has 1 aromatic rings. The van der Waals surface area contributed by atoms with Crippen LogP contribution in [0.3, 0.4) is 0 Å². The van der Waals surface area contributed by atoms with Crippen molar-refractivity contribution in [1.82, 2.24) is 10.6 Å². The van der Waals surface area contributed by atoms with E-state index in [1.807, 2.05) is 0 Å². The van der Waals surface area contributed by atoms with Crippen LogP contribution in [0, 0.1) is 11.8 Å². The van der Waals surface area contributed by atoms with Gasteiger partial charge in [0.25, 0.3) is 11.8 Å². The van der Waals surface area contributed by atoms with Crippen molar-refractivity contribution < 1.29 is 28.6 Å². The predicted molar refractivity (Wildman–Crippen MR) is 100.0 cm³/mol. The summed E-state index contributed by atoms with van der Waals surface area (Å²) in [6.07, 6.45) is 3.20. The van der Waals surface area contributed by atoms with Crippen LogP contribution < -0.4 is 20.1 Å². The Morgan fingerprint density at radius 2 is 1.93 bits per heavy atom. The van der Waals surface area contributed by atoms with Crippen molar-refractivity contribution in [1.29, 1.82) is 0 Å². The lowest BCUT2D eigenvalue weighted by Crippen LogP contribution is -2.45. The minimum Gasteiger partial charge on any atom is -0.454 e. The van der Waals surface area contributed by atoms with Gasteiger partial charge in [0.15, 0.2) is 18.1 Å². The second-order valence-electron chi connectivity index (χ2n) is 7.35. The molecule has 3 atom stereocenters. The molecule has 8 heteroatoms. The number of hydrogen-bond acceptors (Lipinski definition) is 6. The van der Waals surface area contributed by atoms with Gasteiger partial charge < -0.3 is 24.8 Å². The molecule has 0 radical (unpaired) electrons. The normalized spacial score (nSPS) is 23.0. The first-order chi connectivity index (χ1) is 13.4. The molecule has 8 nitrogen and oxygen atoms in total. The average Bonchev–Trinajstić information content (AvgIpc) is 3.16. The monoisotopic (exact) mass is 390 g/mol. The number of carbonyl (C=O) groups excluding carboxylic acids is 3. The van der Waals surface area contributed by atoms with E-state index in [0.29, 0.717) is 28.9 Å². The van der Waals surface area contributed by atoms with Crippen molar-refractivity contribution in [3.8, 4) is 11.5 Å². The smallest absolute Gasteiger partial charge is 0.325 e. The highest BCUT2D eigenvalue weighted by Crippen LogP contribution is 2.32. The average molecular weight is 390 g/mol. The van der Waals surface area contributed by atoms with Gasteiger partial charge in [-0.3, -0.25) is 14.4 Å². The SMILES string of the molecule is C[C@@H]1[C@H](C)CCC[C@H]1NC(=O)COC(=O)CNC(=O)c1ccc2c(c1)OCO2. The topological polar surface area (TPSA) is 103 Å². The minimum absolute atomic E-state index is 0.112. The van der Waals surface area contributed by atoms with E-state index < -0.39 is 11.9 Å². The Hall–Kier alpha value is -2.77. The van der Waals surface area contributed by atoms with E-state index in [-0.39, 0.29) is 31.9 Å². The van der Waals surface area contributed by atoms with Crippen molar-refractivity contribution in [2.75, 3.05) is 19.9 Å². The highest BCUT2D eigenvalue weighted by Gasteiger charge is 2.28. The zero-order chi connectivity index (χ0) is 20.1. The minimum atomic E-state index is -0.672. The van der Waals surface area contributed by atoms with Crippen LogP contribution >= 0.6 is 0 Å². The van der Waals surface area contributed by atoms with Crippen molar-refractivity contribution in [2.24, 2.45) is 11.8 Å². The van der Waals surface area contributed by atoms with Crippen LogP contribution in [0.2, 0.25) is 0 Å². The summed E-state index contributed by atoms with van der Waals surface area (Å²) >= 11 is 0. The Morgan fingerprint density at radius 1 is 1.14 bits per heavy atom. The first-order valence-corrected chi connectivity index (χ1v) is 9.57. The lowest BCUT2D eigenvalue weighted by Gasteiger charge is -2.34. The predicted octanol–water partition coefficient (Wildman–Crippen LogP) is 1.63. The maximum Gasteiger partial charge on any atom is 0.325 e. The number of fused-ring (bicyclic) bond motifs is 1. The number of amides is 2. The van der Waals surface area contributed by atoms with Crippen LogP contribution in [0.15, 0.2) is 18.2 Å². The number of esters is 1. The zero-order valence-corrected chi connectivity index (χ0v) is 16.2. The Kier molecular flexibility index (Phi) is 6.38. The van der Waals surface area contributed by atoms with Crippen LogP contribution in [0.25, 0.3) is 0 Å². The molecule has 1 fully saturated rings. The number of rotatable bonds is 6. The lowest BCUT2D eigenvalue weighted by atomic mass is 9.78. The van der Waals surface area contributed by atoms with E-state index in [1.165, 1.54) is 6.42 Å². The maximum absolute atomic E-state index is 12.1. The van der Waals surface area contributed by atoms with E-state index in [1.54, 1.807) is 18.2 Å². The number of benzene rings is 1. The summed E-state index contributed by atoms with van der Waals surface area (Å²) in [5, 5.41) is 5.41. The highest BCUT2D eigenvalue weighted by molar-refractivity contribution is 5.96. The van der Waals surface area contributed by atoms with Crippen LogP contribution in [-0.4, -0.2) is 43.8 Å². The van der Waals surface area contributed by atoms with Gasteiger partial charge in [0.2, 0.25) is 6.79 Å². The molecule has 0 unspecified atom stereocenters. The molecular formula is C20H26N2O6. The Balaban J connectivity index is 1.38. The molecule has 0 spiro atoms. The summed E-state index contributed by atoms with van der Waals surface area (Å²) in [5.74, 6) is 0.588. The standard InChI is InChI=1S/C20H26N2O6/c1-12-4-3-5-15(13(12)2)22-18(23)10-26-19(24)9-21-20(25)14-6-7-16-17(8-14)28-11-27-16/h6-8,12-13,15H,3-5,9-11H2,1-2H3,(H,21,25)(H,22,23)/t12-,13-,15-/m1/s1. The van der Waals surface area contributed by atoms with E-state index in [2.05, 4.69) is 24.5 Å². The number of hydrogen-bond donors (Lipinski definition) is 2. The molecule has 1 aliphatic heterocycles. The van der Waals surface area contributed by atoms with Crippen molar-refractivity contribution >= 4 is 17.8 Å². The van der Waals surface area contributed by atoms with Gasteiger partial charge in [-0.1, -0.05) is 26.7 Å². The molecule has 28 heavy (non-hydrogen) atoms. The third-order valence-corrected chi connectivity index (χ3v) is 5.45. The number of carbonyl (C=O) groups is 3. The second kappa shape index (κ2) is 8.95. The summed E-state index contributed by atoms with van der Waals surface area (Å²) in [7, 11) is 0. The molecular weight excluding hydrogens is 364 g/mol. The molecule has 1 aliphatic carbocycles. The summed E-state index contributed by atoms with van der Waals surface area (Å²) in [5.41, 5.74) is 0.343. The van der Waals surface area contributed by atoms with Gasteiger partial charge in [-0.2, -0.15) is 0 Å². The molecule has 3 rings (SSSR count). The molecule has 1 saturated carbocycles. The quantitative estimate of drug-likeness (QED) is 0.716. The fourth-order valence-electron chi connectivity index (χ4n) is 3.52. The van der Waals surface area contributed by atoms with Gasteiger partial charge >= 0.3 is 5.97 Å². The summed E-state index contributed by atoms with van der Waals surface area (Å²) in [6.45, 7) is 3.76. The third-order valence-electron chi connectivity index (χ3n) is 5.45. The fraction of sp³-hybridized carbons (Fsp3) is 0.550. The van der Waals surface area contributed by atoms with Crippen molar-refractivity contribution in [2.45, 2.75) is 39.2 Å². The fourth-order valence-corrected chi connectivity index (χ4v) is 3.52. The molecule has 1 heterocycles. The van der Waals surface area contributed by atoms with Crippen LogP contribution in [0.4, 0.5) is 0 Å². The second-order valence-corrected chi connectivity index (χ2v) is 7.35. The Labute approximate surface area is 163 Å². The van der Waals surface area contributed by atoms with Crippen molar-refractivity contribution in [3.05, 3.63) is 23.8 Å². The van der Waals surface area contributed by atoms with Crippen molar-refractivity contribution in [3.63, 3.8) is 0 Å². The summed E-state index contributed by atoms with van der Waals surface area (Å²) < 4.78 is 15.4. The maximum atomic E-state index is 12.1. The number of nitrogens with one attached hydrogen (secondary N) is 2. The van der Waals surface area contributed by atoms with Gasteiger partial charge in [0, 0.05) is 11.6 Å². The molecule has 2 aliphatic rings. The molecule has 0 saturated heterocycles. The van der Waals surface area contributed by atoms with Gasteiger partial charge in [-0.25, -0.2) is 0 Å². The van der Waals surface area contributed by atoms with E-state index in [9.17, 15) is 14.4 Å². The number of ether oxygens (including phenoxy) is 3. The lowest BCUT2D eigenvalue weighted by molar-refractivity contribution is -0.147. The first-order valence-electron chi connectivity index (χ1n) is 9.57. The van der Waals surface area contributed by atoms with E-state index >= 15 is 0 Å². The largest absolute Gasteiger partial charge is 0.454 e. The third kappa shape index (κ3) is 4.94. The molecule has 1 aromatic carbocycles. The van der Waals surface area contributed by atoms with E-state index in [0.717, 1.165) is 12.8 Å². The van der Waals surface area contributed by atoms with Gasteiger partial charge in [-0.15, -0.1) is 0 Å². The molecule has 2 amide bonds. The summed E-state index contributed by atoms with van der Waals surface area (Å²) in [4.78, 5) is 36.0. The molecule has 2 N–H and O–H groups in total. The van der Waals surface area contributed by atoms with Crippen LogP contribution in [0.1, 0.15) is 43.5 Å². The van der Waals surface area contributed by atoms with Gasteiger partial charge in [0.1, 0.15) is 6.54 Å². The Morgan fingerprint density at radius 3 is 2.75 bits per heavy atom. The van der Waals surface area contributed by atoms with Gasteiger partial charge in [-0.05, 0) is 36.5 Å². The Bertz CT molecular complexity index is 750. The summed E-state index contributed by atoms with van der Waals surface area (Å²) in [6, 6.07) is 4.87. The molecule has 0 aromatic heterocycles. The highest BCUT2D eigenvalue weighted by atomic mass is 16.7. The van der Waals surface area contributed by atoms with Crippen LogP contribution in [-0.2, 0) is 14.3 Å². The first kappa shape index (κ1) is 20.0. The molecule has 152 valence electrons. The van der Waals surface area contributed by atoms with Gasteiger partial charge in [0.05, 0.1) is 0 Å².